The molecule has 0 heterocycles. The third-order valence-corrected chi connectivity index (χ3v) is 3.22. The van der Waals surface area contributed by atoms with Crippen molar-refractivity contribution in [1.82, 2.24) is 0 Å². The third kappa shape index (κ3) is 5.30. The molecule has 0 radical (unpaired) electrons. The molecule has 0 spiro atoms. The largest absolute Gasteiger partial charge is 0.481 e. The molecule has 3 heteroatoms. The molecule has 1 N–H and O–H groups in total. The maximum Gasteiger partial charge on any atom is 0.303 e. The van der Waals surface area contributed by atoms with E-state index in [9.17, 15) is 4.79 Å². The molecule has 0 bridgehead atoms. The number of aliphatic imine (C=N–C) groups is 1. The fourth-order valence-electron chi connectivity index (χ4n) is 2.02. The van der Waals surface area contributed by atoms with Crippen molar-refractivity contribution in [2.45, 2.75) is 58.8 Å². The minimum Gasteiger partial charge on any atom is -0.481 e. The summed E-state index contributed by atoms with van der Waals surface area (Å²) in [6.45, 7) is 4.18. The second-order valence-electron chi connectivity index (χ2n) is 4.70. The molecule has 0 amide bonds. The van der Waals surface area contributed by atoms with E-state index in [0.29, 0.717) is 6.42 Å². The molecule has 0 aromatic carbocycles. The van der Waals surface area contributed by atoms with E-state index in [1.807, 2.05) is 6.92 Å². The van der Waals surface area contributed by atoms with Gasteiger partial charge in [0.2, 0.25) is 0 Å². The summed E-state index contributed by atoms with van der Waals surface area (Å²) in [5, 5.41) is 8.72. The van der Waals surface area contributed by atoms with Gasteiger partial charge in [0.05, 0.1) is 6.42 Å². The van der Waals surface area contributed by atoms with Gasteiger partial charge in [0.1, 0.15) is 0 Å². The minimum absolute atomic E-state index is 0.179. The number of hydrogen-bond donors (Lipinski definition) is 1. The van der Waals surface area contributed by atoms with Crippen LogP contribution < -0.4 is 0 Å². The zero-order valence-corrected chi connectivity index (χ0v) is 11.4. The predicted octanol–water partition coefficient (Wildman–Crippen LogP) is 4.11. The van der Waals surface area contributed by atoms with Crippen LogP contribution in [0.1, 0.15) is 58.8 Å². The molecule has 1 rings (SSSR count). The molecule has 1 aliphatic rings. The van der Waals surface area contributed by atoms with Crippen LogP contribution in [0.2, 0.25) is 0 Å². The average molecular weight is 249 g/mol. The van der Waals surface area contributed by atoms with Crippen LogP contribution in [-0.4, -0.2) is 16.8 Å². The van der Waals surface area contributed by atoms with Crippen molar-refractivity contribution in [3.63, 3.8) is 0 Å². The number of carboxylic acids is 1. The highest BCUT2D eigenvalue weighted by Crippen LogP contribution is 2.21. The first kappa shape index (κ1) is 14.7. The van der Waals surface area contributed by atoms with E-state index in [2.05, 4.69) is 19.1 Å². The lowest BCUT2D eigenvalue weighted by Crippen LogP contribution is -2.04. The van der Waals surface area contributed by atoms with Crippen LogP contribution in [0, 0.1) is 0 Å². The number of nitrogens with zero attached hydrogens (tertiary/aromatic N) is 1. The highest BCUT2D eigenvalue weighted by atomic mass is 16.4. The van der Waals surface area contributed by atoms with Gasteiger partial charge in [-0.1, -0.05) is 24.6 Å². The van der Waals surface area contributed by atoms with Gasteiger partial charge < -0.3 is 5.11 Å². The van der Waals surface area contributed by atoms with Crippen LogP contribution in [0.5, 0.6) is 0 Å². The zero-order chi connectivity index (χ0) is 13.4. The Kier molecular flexibility index (Phi) is 6.40. The molecule has 1 aliphatic carbocycles. The maximum atomic E-state index is 10.6. The monoisotopic (exact) mass is 249 g/mol. The molecular formula is C15H23NO2. The Morgan fingerprint density at radius 1 is 1.28 bits per heavy atom. The smallest absolute Gasteiger partial charge is 0.303 e. The van der Waals surface area contributed by atoms with Crippen LogP contribution >= 0.6 is 0 Å². The molecular weight excluding hydrogens is 226 g/mol. The predicted molar refractivity (Wildman–Crippen MR) is 74.9 cm³/mol. The molecule has 0 saturated heterocycles. The van der Waals surface area contributed by atoms with E-state index in [0.717, 1.165) is 37.8 Å². The van der Waals surface area contributed by atoms with E-state index >= 15 is 0 Å². The van der Waals surface area contributed by atoms with Gasteiger partial charge in [0.25, 0.3) is 0 Å². The quantitative estimate of drug-likeness (QED) is 0.589. The number of allylic oxidation sites excluding steroid dienone is 4. The second-order valence-corrected chi connectivity index (χ2v) is 4.70. The van der Waals surface area contributed by atoms with E-state index in [-0.39, 0.29) is 6.42 Å². The van der Waals surface area contributed by atoms with E-state index < -0.39 is 5.97 Å². The number of aliphatic carboxylic acids is 1. The van der Waals surface area contributed by atoms with Gasteiger partial charge in [-0.2, -0.15) is 0 Å². The van der Waals surface area contributed by atoms with Gasteiger partial charge in [0.15, 0.2) is 0 Å². The first-order chi connectivity index (χ1) is 8.63. The number of rotatable bonds is 5. The fraction of sp³-hybridized carbons (Fsp3) is 0.600. The van der Waals surface area contributed by atoms with Crippen LogP contribution in [0.4, 0.5) is 0 Å². The number of carbonyl (C=O) groups is 1. The summed E-state index contributed by atoms with van der Waals surface area (Å²) in [5.41, 5.74) is 3.53. The van der Waals surface area contributed by atoms with Crippen molar-refractivity contribution in [2.24, 2.45) is 4.99 Å². The summed E-state index contributed by atoms with van der Waals surface area (Å²) in [6.07, 6.45) is 10.2. The summed E-state index contributed by atoms with van der Waals surface area (Å²) in [5.74, 6) is -0.748. The molecule has 18 heavy (non-hydrogen) atoms. The van der Waals surface area contributed by atoms with Gasteiger partial charge in [-0.05, 0) is 45.4 Å². The van der Waals surface area contributed by atoms with Gasteiger partial charge >= 0.3 is 5.97 Å². The van der Waals surface area contributed by atoms with Crippen molar-refractivity contribution < 1.29 is 9.90 Å². The number of hydrogen-bond acceptors (Lipinski definition) is 2. The molecule has 0 unspecified atom stereocenters. The highest BCUT2D eigenvalue weighted by molar-refractivity contribution is 5.87. The van der Waals surface area contributed by atoms with Crippen LogP contribution in [0.25, 0.3) is 0 Å². The SMILES string of the molecule is CCC(CCC(=O)O)=N/C1=C(\C)CC/C=C/CC1. The van der Waals surface area contributed by atoms with E-state index in [1.54, 1.807) is 0 Å². The molecule has 3 nitrogen and oxygen atoms in total. The lowest BCUT2D eigenvalue weighted by molar-refractivity contribution is -0.136. The lowest BCUT2D eigenvalue weighted by atomic mass is 10.0. The molecule has 0 atom stereocenters. The molecule has 0 fully saturated rings. The Balaban J connectivity index is 2.74. The Bertz CT molecular complexity index is 378. The van der Waals surface area contributed by atoms with E-state index in [4.69, 9.17) is 10.1 Å². The van der Waals surface area contributed by atoms with Gasteiger partial charge in [-0.3, -0.25) is 9.79 Å². The first-order valence-electron chi connectivity index (χ1n) is 6.75. The highest BCUT2D eigenvalue weighted by Gasteiger charge is 2.07. The first-order valence-corrected chi connectivity index (χ1v) is 6.75. The van der Waals surface area contributed by atoms with Crippen molar-refractivity contribution in [1.29, 1.82) is 0 Å². The topological polar surface area (TPSA) is 49.7 Å². The Labute approximate surface area is 109 Å². The standard InChI is InChI=1S/C15H23NO2/c1-3-13(10-11-15(17)18)16-14-9-7-5-4-6-8-12(14)2/h4-5H,3,6-11H2,1-2H3,(H,17,18)/b5-4+,14-12+,16-13?. The van der Waals surface area contributed by atoms with Gasteiger partial charge in [-0.25, -0.2) is 0 Å². The summed E-state index contributed by atoms with van der Waals surface area (Å²) in [4.78, 5) is 15.3. The van der Waals surface area contributed by atoms with E-state index in [1.165, 1.54) is 11.3 Å². The summed E-state index contributed by atoms with van der Waals surface area (Å²) < 4.78 is 0. The number of carboxylic acid groups (broad SMARTS) is 1. The van der Waals surface area contributed by atoms with Crippen molar-refractivity contribution >= 4 is 11.7 Å². The second kappa shape index (κ2) is 7.85. The van der Waals surface area contributed by atoms with Gasteiger partial charge in [-0.15, -0.1) is 0 Å². The molecule has 0 aromatic rings. The Morgan fingerprint density at radius 2 is 1.94 bits per heavy atom. The van der Waals surface area contributed by atoms with Crippen LogP contribution in [0.3, 0.4) is 0 Å². The summed E-state index contributed by atoms with van der Waals surface area (Å²) in [6, 6.07) is 0. The fourth-order valence-corrected chi connectivity index (χ4v) is 2.02. The molecule has 100 valence electrons. The van der Waals surface area contributed by atoms with Crippen molar-refractivity contribution in [2.75, 3.05) is 0 Å². The molecule has 0 aliphatic heterocycles. The molecule has 0 aromatic heterocycles. The average Bonchev–Trinajstić information content (AvgIpc) is 2.32. The van der Waals surface area contributed by atoms with Crippen molar-refractivity contribution in [3.05, 3.63) is 23.4 Å². The Morgan fingerprint density at radius 3 is 2.56 bits per heavy atom. The van der Waals surface area contributed by atoms with Gasteiger partial charge in [0, 0.05) is 11.4 Å². The van der Waals surface area contributed by atoms with Crippen molar-refractivity contribution in [3.8, 4) is 0 Å². The Hall–Kier alpha value is -1.38. The normalized spacial score (nSPS) is 23.3. The van der Waals surface area contributed by atoms with Crippen LogP contribution in [-0.2, 0) is 4.79 Å². The minimum atomic E-state index is -0.748. The lowest BCUT2D eigenvalue weighted by Gasteiger charge is -2.11. The summed E-state index contributed by atoms with van der Waals surface area (Å²) >= 11 is 0. The third-order valence-electron chi connectivity index (χ3n) is 3.22. The summed E-state index contributed by atoms with van der Waals surface area (Å²) in [7, 11) is 0. The maximum absolute atomic E-state index is 10.6. The van der Waals surface area contributed by atoms with Crippen LogP contribution in [0.15, 0.2) is 28.4 Å². The zero-order valence-electron chi connectivity index (χ0n) is 11.4. The molecule has 0 saturated carbocycles.